The number of nitrogens with two attached hydrogens (primary N) is 1. The van der Waals surface area contributed by atoms with E-state index in [9.17, 15) is 9.18 Å². The first-order chi connectivity index (χ1) is 17.0. The summed E-state index contributed by atoms with van der Waals surface area (Å²) in [7, 11) is 1.61. The zero-order chi connectivity index (χ0) is 24.4. The molecule has 5 aromatic rings. The lowest BCUT2D eigenvalue weighted by molar-refractivity contribution is 0.0953. The number of fused-ring (bicyclic) bond motifs is 2. The maximum absolute atomic E-state index is 13.3. The van der Waals surface area contributed by atoms with Crippen LogP contribution in [0.4, 0.5) is 10.2 Å². The second kappa shape index (κ2) is 9.42. The predicted octanol–water partition coefficient (Wildman–Crippen LogP) is 4.49. The van der Waals surface area contributed by atoms with Gasteiger partial charge in [0.2, 0.25) is 0 Å². The minimum absolute atomic E-state index is 0.284. The van der Waals surface area contributed by atoms with Gasteiger partial charge in [0.15, 0.2) is 5.65 Å². The summed E-state index contributed by atoms with van der Waals surface area (Å²) in [6, 6.07) is 21.3. The number of methoxy groups -OCH3 is 1. The zero-order valence-electron chi connectivity index (χ0n) is 19.2. The third-order valence-corrected chi connectivity index (χ3v) is 5.97. The first-order valence-corrected chi connectivity index (χ1v) is 11.2. The van der Waals surface area contributed by atoms with Crippen molar-refractivity contribution in [3.8, 4) is 5.75 Å². The van der Waals surface area contributed by atoms with Crippen molar-refractivity contribution < 1.29 is 13.9 Å². The van der Waals surface area contributed by atoms with Crippen molar-refractivity contribution in [3.05, 3.63) is 95.3 Å². The SMILES string of the molecule is COc1ccc(CNC(=O)c2c(N)n(CCc3ccc(F)cc3)c3nc4ccccc4nc23)cc1. The topological polar surface area (TPSA) is 95.1 Å². The lowest BCUT2D eigenvalue weighted by Crippen LogP contribution is -2.24. The van der Waals surface area contributed by atoms with Gasteiger partial charge in [-0.25, -0.2) is 14.4 Å². The Morgan fingerprint density at radius 2 is 1.63 bits per heavy atom. The minimum Gasteiger partial charge on any atom is -0.497 e. The first kappa shape index (κ1) is 22.3. The van der Waals surface area contributed by atoms with Gasteiger partial charge in [0, 0.05) is 13.1 Å². The molecule has 0 radical (unpaired) electrons. The van der Waals surface area contributed by atoms with Crippen molar-refractivity contribution in [2.24, 2.45) is 0 Å². The number of nitrogens with zero attached hydrogens (tertiary/aromatic N) is 3. The van der Waals surface area contributed by atoms with Gasteiger partial charge in [-0.05, 0) is 53.9 Å². The molecule has 0 aliphatic carbocycles. The fourth-order valence-electron chi connectivity index (χ4n) is 4.07. The molecule has 176 valence electrons. The molecule has 2 heterocycles. The number of nitrogen functional groups attached to an aromatic ring is 1. The molecule has 35 heavy (non-hydrogen) atoms. The molecule has 0 aliphatic rings. The van der Waals surface area contributed by atoms with Crippen LogP contribution in [0.15, 0.2) is 72.8 Å². The number of halogens is 1. The number of benzene rings is 3. The van der Waals surface area contributed by atoms with Crippen LogP contribution in [-0.2, 0) is 19.5 Å². The maximum Gasteiger partial charge on any atom is 0.257 e. The Morgan fingerprint density at radius 3 is 2.31 bits per heavy atom. The van der Waals surface area contributed by atoms with E-state index in [1.165, 1.54) is 12.1 Å². The van der Waals surface area contributed by atoms with E-state index in [-0.39, 0.29) is 11.7 Å². The van der Waals surface area contributed by atoms with Crippen LogP contribution in [0.5, 0.6) is 5.75 Å². The second-order valence-corrected chi connectivity index (χ2v) is 8.20. The van der Waals surface area contributed by atoms with Crippen molar-refractivity contribution in [3.63, 3.8) is 0 Å². The van der Waals surface area contributed by atoms with E-state index in [1.807, 2.05) is 48.5 Å². The van der Waals surface area contributed by atoms with Crippen molar-refractivity contribution in [1.29, 1.82) is 0 Å². The number of hydrogen-bond donors (Lipinski definition) is 2. The number of anilines is 1. The Kier molecular flexibility index (Phi) is 6.01. The average molecular weight is 470 g/mol. The number of carbonyl (C=O) groups excluding carboxylic acids is 1. The van der Waals surface area contributed by atoms with Crippen molar-refractivity contribution in [2.75, 3.05) is 12.8 Å². The molecule has 0 spiro atoms. The normalized spacial score (nSPS) is 11.1. The number of ether oxygens (including phenoxy) is 1. The Labute approximate surface area is 201 Å². The summed E-state index contributed by atoms with van der Waals surface area (Å²) in [5.41, 5.74) is 11.1. The highest BCUT2D eigenvalue weighted by molar-refractivity contribution is 6.10. The van der Waals surface area contributed by atoms with Crippen LogP contribution in [0.1, 0.15) is 21.5 Å². The molecule has 1 amide bonds. The number of carbonyl (C=O) groups is 1. The number of aromatic nitrogens is 3. The quantitative estimate of drug-likeness (QED) is 0.366. The summed E-state index contributed by atoms with van der Waals surface area (Å²) < 4.78 is 20.3. The standard InChI is InChI=1S/C27H24FN5O2/c1-35-20-12-8-18(9-13-20)16-30-27(34)23-24-26(32-22-5-3-2-4-21(22)31-24)33(25(23)29)15-14-17-6-10-19(28)11-7-17/h2-13H,14-16,29H2,1H3,(H,30,34). The molecule has 2 aromatic heterocycles. The van der Waals surface area contributed by atoms with E-state index < -0.39 is 0 Å². The molecule has 0 saturated carbocycles. The van der Waals surface area contributed by atoms with Crippen LogP contribution >= 0.6 is 0 Å². The van der Waals surface area contributed by atoms with E-state index in [0.29, 0.717) is 53.1 Å². The number of rotatable bonds is 7. The summed E-state index contributed by atoms with van der Waals surface area (Å²) in [6.45, 7) is 0.790. The van der Waals surface area contributed by atoms with Crippen molar-refractivity contribution >= 4 is 33.9 Å². The highest BCUT2D eigenvalue weighted by atomic mass is 19.1. The number of amides is 1. The lowest BCUT2D eigenvalue weighted by atomic mass is 10.1. The van der Waals surface area contributed by atoms with Crippen LogP contribution in [0.2, 0.25) is 0 Å². The second-order valence-electron chi connectivity index (χ2n) is 8.20. The van der Waals surface area contributed by atoms with Crippen LogP contribution in [0.25, 0.3) is 22.2 Å². The molecule has 3 N–H and O–H groups in total. The Balaban J connectivity index is 1.49. The molecule has 5 rings (SSSR count). The number of nitrogens with one attached hydrogen (secondary N) is 1. The van der Waals surface area contributed by atoms with E-state index in [0.717, 1.165) is 16.9 Å². The molecule has 0 aliphatic heterocycles. The maximum atomic E-state index is 13.3. The molecule has 0 saturated heterocycles. The summed E-state index contributed by atoms with van der Waals surface area (Å²) in [5, 5.41) is 2.94. The molecule has 0 bridgehead atoms. The van der Waals surface area contributed by atoms with Gasteiger partial charge in [-0.15, -0.1) is 0 Å². The van der Waals surface area contributed by atoms with Crippen molar-refractivity contribution in [2.45, 2.75) is 19.5 Å². The van der Waals surface area contributed by atoms with Crippen LogP contribution in [-0.4, -0.2) is 27.6 Å². The van der Waals surface area contributed by atoms with E-state index in [2.05, 4.69) is 5.32 Å². The molecule has 0 atom stereocenters. The fraction of sp³-hybridized carbons (Fsp3) is 0.148. The molecule has 0 unspecified atom stereocenters. The summed E-state index contributed by atoms with van der Waals surface area (Å²) in [4.78, 5) is 22.8. The predicted molar refractivity (Wildman–Crippen MR) is 134 cm³/mol. The van der Waals surface area contributed by atoms with Crippen LogP contribution in [0.3, 0.4) is 0 Å². The van der Waals surface area contributed by atoms with Gasteiger partial charge in [-0.2, -0.15) is 0 Å². The lowest BCUT2D eigenvalue weighted by Gasteiger charge is -2.09. The number of hydrogen-bond acceptors (Lipinski definition) is 5. The Bertz CT molecular complexity index is 1510. The third kappa shape index (κ3) is 4.50. The minimum atomic E-state index is -0.326. The third-order valence-electron chi connectivity index (χ3n) is 5.97. The summed E-state index contributed by atoms with van der Waals surface area (Å²) >= 11 is 0. The van der Waals surface area contributed by atoms with Crippen LogP contribution in [0, 0.1) is 5.82 Å². The molecule has 3 aromatic carbocycles. The molecule has 8 heteroatoms. The summed E-state index contributed by atoms with van der Waals surface area (Å²) in [6.07, 6.45) is 0.593. The number of para-hydroxylation sites is 2. The van der Waals surface area contributed by atoms with Gasteiger partial charge < -0.3 is 20.4 Å². The van der Waals surface area contributed by atoms with Crippen molar-refractivity contribution in [1.82, 2.24) is 19.9 Å². The first-order valence-electron chi connectivity index (χ1n) is 11.2. The highest BCUT2D eigenvalue weighted by Gasteiger charge is 2.23. The van der Waals surface area contributed by atoms with Crippen LogP contribution < -0.4 is 15.8 Å². The fourth-order valence-corrected chi connectivity index (χ4v) is 4.07. The highest BCUT2D eigenvalue weighted by Crippen LogP contribution is 2.28. The molecular formula is C27H24FN5O2. The van der Waals surface area contributed by atoms with E-state index in [1.54, 1.807) is 23.8 Å². The van der Waals surface area contributed by atoms with E-state index >= 15 is 0 Å². The average Bonchev–Trinajstić information content (AvgIpc) is 3.15. The molecule has 0 fully saturated rings. The Hall–Kier alpha value is -4.46. The zero-order valence-corrected chi connectivity index (χ0v) is 19.2. The van der Waals surface area contributed by atoms with Gasteiger partial charge in [-0.1, -0.05) is 36.4 Å². The van der Waals surface area contributed by atoms with Gasteiger partial charge in [-0.3, -0.25) is 4.79 Å². The van der Waals surface area contributed by atoms with Gasteiger partial charge >= 0.3 is 0 Å². The smallest absolute Gasteiger partial charge is 0.257 e. The molecular weight excluding hydrogens is 445 g/mol. The van der Waals surface area contributed by atoms with E-state index in [4.69, 9.17) is 20.4 Å². The number of aryl methyl sites for hydroxylation is 2. The Morgan fingerprint density at radius 1 is 0.971 bits per heavy atom. The molecule has 7 nitrogen and oxygen atoms in total. The monoisotopic (exact) mass is 469 g/mol. The largest absolute Gasteiger partial charge is 0.497 e. The van der Waals surface area contributed by atoms with Gasteiger partial charge in [0.1, 0.15) is 28.5 Å². The summed E-state index contributed by atoms with van der Waals surface area (Å²) in [5.74, 6) is 0.432. The van der Waals surface area contributed by atoms with Gasteiger partial charge in [0.05, 0.1) is 18.1 Å². The van der Waals surface area contributed by atoms with Gasteiger partial charge in [0.25, 0.3) is 5.91 Å².